The van der Waals surface area contributed by atoms with Crippen molar-refractivity contribution in [2.24, 2.45) is 0 Å². The third-order valence-corrected chi connectivity index (χ3v) is 8.36. The summed E-state index contributed by atoms with van der Waals surface area (Å²) >= 11 is 8.10. The number of benzene rings is 1. The largest absolute Gasteiger partial charge is 0.382 e. The van der Waals surface area contributed by atoms with Gasteiger partial charge in [-0.2, -0.15) is 10.4 Å². The molecule has 2 aromatic heterocycles. The summed E-state index contributed by atoms with van der Waals surface area (Å²) in [5.74, 6) is 0.961. The second-order valence-electron chi connectivity index (χ2n) is 9.59. The number of nitrogens with two attached hydrogens (primary N) is 1. The van der Waals surface area contributed by atoms with Crippen LogP contribution in [0.5, 0.6) is 0 Å². The second-order valence-corrected chi connectivity index (χ2v) is 11.2. The van der Waals surface area contributed by atoms with Gasteiger partial charge in [0.15, 0.2) is 5.82 Å². The van der Waals surface area contributed by atoms with Crippen LogP contribution in [0.3, 0.4) is 0 Å². The fraction of sp³-hybridized carbons (Fsp3) is 0.400. The topological polar surface area (TPSA) is 124 Å². The number of carbonyl (C=O) groups is 2. The number of nitriles is 1. The van der Waals surface area contributed by atoms with Crippen molar-refractivity contribution in [3.05, 3.63) is 41.2 Å². The lowest BCUT2D eigenvalue weighted by atomic mass is 9.95. The number of piperazine rings is 1. The van der Waals surface area contributed by atoms with Gasteiger partial charge in [0.25, 0.3) is 5.91 Å². The van der Waals surface area contributed by atoms with Gasteiger partial charge in [-0.05, 0) is 44.9 Å². The number of halogens is 1. The van der Waals surface area contributed by atoms with Gasteiger partial charge < -0.3 is 15.5 Å². The predicted molar refractivity (Wildman–Crippen MR) is 144 cm³/mol. The number of hydrogen-bond acceptors (Lipinski definition) is 8. The highest BCUT2D eigenvalue weighted by molar-refractivity contribution is 7.97. The molecule has 0 radical (unpaired) electrons. The molecule has 5 rings (SSSR count). The van der Waals surface area contributed by atoms with Gasteiger partial charge in [-0.15, -0.1) is 0 Å². The van der Waals surface area contributed by atoms with Gasteiger partial charge in [-0.3, -0.25) is 9.59 Å². The van der Waals surface area contributed by atoms with Crippen LogP contribution in [0, 0.1) is 11.3 Å². The Morgan fingerprint density at radius 2 is 2.05 bits per heavy atom. The van der Waals surface area contributed by atoms with E-state index >= 15 is 0 Å². The summed E-state index contributed by atoms with van der Waals surface area (Å²) in [4.78, 5) is 34.2. The fourth-order valence-corrected chi connectivity index (χ4v) is 6.27. The molecule has 0 atom stereocenters. The summed E-state index contributed by atoms with van der Waals surface area (Å²) in [6.07, 6.45) is 3.58. The van der Waals surface area contributed by atoms with Crippen molar-refractivity contribution in [1.82, 2.24) is 23.8 Å². The summed E-state index contributed by atoms with van der Waals surface area (Å²) < 4.78 is 3.68. The second kappa shape index (κ2) is 9.85. The maximum atomic E-state index is 13.8. The van der Waals surface area contributed by atoms with E-state index in [2.05, 4.69) is 20.5 Å². The third-order valence-electron chi connectivity index (χ3n) is 6.92. The van der Waals surface area contributed by atoms with Gasteiger partial charge in [-0.1, -0.05) is 29.6 Å². The van der Waals surface area contributed by atoms with Gasteiger partial charge >= 0.3 is 0 Å². The van der Waals surface area contributed by atoms with E-state index in [1.54, 1.807) is 64.4 Å². The lowest BCUT2D eigenvalue weighted by Crippen LogP contribution is -2.65. The van der Waals surface area contributed by atoms with Gasteiger partial charge in [0, 0.05) is 31.0 Å². The zero-order chi connectivity index (χ0) is 26.3. The SMILES string of the molecule is CC1(C)C(=O)N(c2cc(-c3cc(Cl)c4c(N)ncnn34)ccc2C#N)CCN1C(=O)CN1CCCCS1. The van der Waals surface area contributed by atoms with Crippen molar-refractivity contribution in [3.8, 4) is 17.3 Å². The molecular weight excluding hydrogens is 512 g/mol. The van der Waals surface area contributed by atoms with Crippen LogP contribution in [0.25, 0.3) is 16.8 Å². The Kier molecular flexibility index (Phi) is 6.74. The van der Waals surface area contributed by atoms with Crippen LogP contribution in [0.1, 0.15) is 32.3 Å². The van der Waals surface area contributed by atoms with Crippen molar-refractivity contribution in [1.29, 1.82) is 5.26 Å². The van der Waals surface area contributed by atoms with Crippen LogP contribution in [0.2, 0.25) is 5.02 Å². The average molecular weight is 539 g/mol. The van der Waals surface area contributed by atoms with Gasteiger partial charge in [0.1, 0.15) is 23.5 Å². The van der Waals surface area contributed by atoms with Crippen molar-refractivity contribution < 1.29 is 9.59 Å². The Hall–Kier alpha value is -3.33. The summed E-state index contributed by atoms with van der Waals surface area (Å²) in [5.41, 5.74) is 7.62. The number of nitrogen functional groups attached to an aromatic ring is 1. The smallest absolute Gasteiger partial charge is 0.252 e. The molecule has 10 nitrogen and oxygen atoms in total. The van der Waals surface area contributed by atoms with E-state index in [4.69, 9.17) is 17.3 Å². The molecule has 2 aliphatic heterocycles. The molecule has 2 amide bonds. The minimum Gasteiger partial charge on any atom is -0.382 e. The van der Waals surface area contributed by atoms with Crippen LogP contribution in [0.15, 0.2) is 30.6 Å². The molecule has 3 aromatic rings. The minimum atomic E-state index is -1.06. The van der Waals surface area contributed by atoms with Crippen LogP contribution < -0.4 is 10.6 Å². The van der Waals surface area contributed by atoms with E-state index in [1.807, 2.05) is 0 Å². The van der Waals surface area contributed by atoms with Crippen LogP contribution >= 0.6 is 23.5 Å². The Morgan fingerprint density at radius 1 is 1.24 bits per heavy atom. The molecule has 0 spiro atoms. The van der Waals surface area contributed by atoms with Gasteiger partial charge in [0.2, 0.25) is 5.91 Å². The number of anilines is 2. The van der Waals surface area contributed by atoms with Gasteiger partial charge in [-0.25, -0.2) is 13.8 Å². The first kappa shape index (κ1) is 25.3. The van der Waals surface area contributed by atoms with Crippen molar-refractivity contribution >= 4 is 52.4 Å². The quantitative estimate of drug-likeness (QED) is 0.502. The standard InChI is InChI=1S/C25H27ClN8O2S/c1-25(2)24(36)32(8-9-33(25)21(35)14-31-7-3-4-10-37-31)19-11-16(5-6-17(19)13-27)20-12-18(26)22-23(28)29-15-30-34(20)22/h5-6,11-12,15H,3-4,7-10,14H2,1-2H3,(H2,28,29,30). The molecule has 2 fully saturated rings. The molecule has 2 aliphatic rings. The van der Waals surface area contributed by atoms with Crippen LogP contribution in [-0.2, 0) is 9.59 Å². The molecule has 1 aromatic carbocycles. The third kappa shape index (κ3) is 4.50. The van der Waals surface area contributed by atoms with E-state index in [0.29, 0.717) is 39.6 Å². The van der Waals surface area contributed by atoms with E-state index in [-0.39, 0.29) is 30.7 Å². The monoisotopic (exact) mass is 538 g/mol. The molecule has 192 valence electrons. The number of aromatic nitrogens is 3. The number of amides is 2. The minimum absolute atomic E-state index is 0.0618. The Morgan fingerprint density at radius 3 is 2.78 bits per heavy atom. The Bertz CT molecular complexity index is 1430. The zero-order valence-corrected chi connectivity index (χ0v) is 22.2. The number of rotatable bonds is 4. The lowest BCUT2D eigenvalue weighted by molar-refractivity contribution is -0.147. The van der Waals surface area contributed by atoms with Crippen molar-refractivity contribution in [2.75, 3.05) is 42.6 Å². The molecule has 0 unspecified atom stereocenters. The van der Waals surface area contributed by atoms with Crippen LogP contribution in [0.4, 0.5) is 11.5 Å². The van der Waals surface area contributed by atoms with Crippen molar-refractivity contribution in [2.45, 2.75) is 32.2 Å². The number of hydrogen-bond donors (Lipinski definition) is 1. The Labute approximate surface area is 224 Å². The summed E-state index contributed by atoms with van der Waals surface area (Å²) in [6.45, 7) is 5.33. The highest BCUT2D eigenvalue weighted by Crippen LogP contribution is 2.36. The number of nitrogens with zero attached hydrogens (tertiary/aromatic N) is 7. The van der Waals surface area contributed by atoms with Crippen LogP contribution in [-0.4, -0.2) is 73.1 Å². The zero-order valence-electron chi connectivity index (χ0n) is 20.6. The molecule has 12 heteroatoms. The maximum absolute atomic E-state index is 13.8. The first-order valence-electron chi connectivity index (χ1n) is 12.0. The highest BCUT2D eigenvalue weighted by atomic mass is 35.5. The summed E-state index contributed by atoms with van der Waals surface area (Å²) in [7, 11) is 0. The normalized spacial score (nSPS) is 18.3. The molecule has 0 bridgehead atoms. The van der Waals surface area contributed by atoms with E-state index in [1.165, 1.54) is 6.33 Å². The van der Waals surface area contributed by atoms with E-state index in [9.17, 15) is 14.9 Å². The molecule has 37 heavy (non-hydrogen) atoms. The van der Waals surface area contributed by atoms with E-state index < -0.39 is 5.54 Å². The summed E-state index contributed by atoms with van der Waals surface area (Å²) in [5, 5.41) is 14.5. The number of fused-ring (bicyclic) bond motifs is 1. The first-order chi connectivity index (χ1) is 17.7. The number of carbonyl (C=O) groups excluding carboxylic acids is 2. The van der Waals surface area contributed by atoms with Gasteiger partial charge in [0.05, 0.1) is 28.5 Å². The molecule has 0 aliphatic carbocycles. The predicted octanol–water partition coefficient (Wildman–Crippen LogP) is 3.20. The van der Waals surface area contributed by atoms with Crippen molar-refractivity contribution in [3.63, 3.8) is 0 Å². The molecule has 4 heterocycles. The Balaban J connectivity index is 1.46. The molecule has 2 saturated heterocycles. The molecular formula is C25H27ClN8O2S. The molecule has 2 N–H and O–H groups in total. The fourth-order valence-electron chi connectivity index (χ4n) is 4.94. The molecule has 0 saturated carbocycles. The van der Waals surface area contributed by atoms with E-state index in [0.717, 1.165) is 25.1 Å². The first-order valence-corrected chi connectivity index (χ1v) is 13.4. The average Bonchev–Trinajstić information content (AvgIpc) is 3.23. The highest BCUT2D eigenvalue weighted by Gasteiger charge is 2.45. The summed E-state index contributed by atoms with van der Waals surface area (Å²) in [6, 6.07) is 9.17. The lowest BCUT2D eigenvalue weighted by Gasteiger charge is -2.46. The maximum Gasteiger partial charge on any atom is 0.252 e.